The van der Waals surface area contributed by atoms with E-state index in [9.17, 15) is 0 Å². The van der Waals surface area contributed by atoms with E-state index < -0.39 is 0 Å². The third-order valence-electron chi connectivity index (χ3n) is 4.81. The SMILES string of the molecule is CCN1Cc2cc3c(CCCN)c(C)n(C)c3cc2C1. The molecule has 20 heavy (non-hydrogen) atoms. The average molecular weight is 271 g/mol. The summed E-state index contributed by atoms with van der Waals surface area (Å²) in [5.41, 5.74) is 13.0. The molecule has 0 saturated carbocycles. The summed E-state index contributed by atoms with van der Waals surface area (Å²) >= 11 is 0. The molecule has 3 rings (SSSR count). The predicted octanol–water partition coefficient (Wildman–Crippen LogP) is 2.71. The topological polar surface area (TPSA) is 34.2 Å². The van der Waals surface area contributed by atoms with Crippen LogP contribution in [0.4, 0.5) is 0 Å². The summed E-state index contributed by atoms with van der Waals surface area (Å²) in [5, 5.41) is 1.44. The van der Waals surface area contributed by atoms with E-state index in [0.29, 0.717) is 0 Å². The number of nitrogens with two attached hydrogens (primary N) is 1. The summed E-state index contributed by atoms with van der Waals surface area (Å²) in [6.07, 6.45) is 2.16. The molecule has 108 valence electrons. The number of rotatable bonds is 4. The summed E-state index contributed by atoms with van der Waals surface area (Å²) in [6.45, 7) is 8.57. The Labute approximate surface area is 121 Å². The monoisotopic (exact) mass is 271 g/mol. The predicted molar refractivity (Wildman–Crippen MR) is 84.8 cm³/mol. The van der Waals surface area contributed by atoms with Crippen LogP contribution < -0.4 is 5.73 Å². The van der Waals surface area contributed by atoms with Gasteiger partial charge in [0, 0.05) is 36.7 Å². The third-order valence-corrected chi connectivity index (χ3v) is 4.81. The zero-order valence-corrected chi connectivity index (χ0v) is 12.9. The van der Waals surface area contributed by atoms with Gasteiger partial charge in [-0.15, -0.1) is 0 Å². The van der Waals surface area contributed by atoms with E-state index >= 15 is 0 Å². The van der Waals surface area contributed by atoms with Crippen LogP contribution in [-0.2, 0) is 26.6 Å². The second kappa shape index (κ2) is 5.23. The molecule has 0 atom stereocenters. The van der Waals surface area contributed by atoms with Gasteiger partial charge in [0.1, 0.15) is 0 Å². The molecule has 2 heterocycles. The lowest BCUT2D eigenvalue weighted by molar-refractivity contribution is 0.301. The number of benzene rings is 1. The molecule has 0 amide bonds. The second-order valence-electron chi connectivity index (χ2n) is 5.96. The van der Waals surface area contributed by atoms with Crippen molar-refractivity contribution in [3.05, 3.63) is 34.5 Å². The fraction of sp³-hybridized carbons (Fsp3) is 0.529. The number of aryl methyl sites for hydroxylation is 2. The maximum absolute atomic E-state index is 5.69. The van der Waals surface area contributed by atoms with E-state index in [0.717, 1.165) is 39.0 Å². The van der Waals surface area contributed by atoms with Gasteiger partial charge in [-0.2, -0.15) is 0 Å². The normalized spacial score (nSPS) is 15.2. The summed E-state index contributed by atoms with van der Waals surface area (Å²) in [6, 6.07) is 4.83. The Bertz CT molecular complexity index is 639. The van der Waals surface area contributed by atoms with Gasteiger partial charge in [0.05, 0.1) is 0 Å². The average Bonchev–Trinajstić information content (AvgIpc) is 2.96. The summed E-state index contributed by atoms with van der Waals surface area (Å²) in [5.74, 6) is 0. The summed E-state index contributed by atoms with van der Waals surface area (Å²) < 4.78 is 2.34. The van der Waals surface area contributed by atoms with Crippen LogP contribution in [0.25, 0.3) is 10.9 Å². The van der Waals surface area contributed by atoms with Crippen molar-refractivity contribution in [3.8, 4) is 0 Å². The van der Waals surface area contributed by atoms with Crippen molar-refractivity contribution in [2.24, 2.45) is 12.8 Å². The van der Waals surface area contributed by atoms with Crippen molar-refractivity contribution in [3.63, 3.8) is 0 Å². The smallest absolute Gasteiger partial charge is 0.0486 e. The fourth-order valence-corrected chi connectivity index (χ4v) is 3.42. The van der Waals surface area contributed by atoms with Crippen molar-refractivity contribution >= 4 is 10.9 Å². The molecule has 1 aromatic heterocycles. The molecule has 3 nitrogen and oxygen atoms in total. The first-order valence-corrected chi connectivity index (χ1v) is 7.67. The molecule has 3 heteroatoms. The lowest BCUT2D eigenvalue weighted by Crippen LogP contribution is -2.14. The van der Waals surface area contributed by atoms with Gasteiger partial charge in [-0.1, -0.05) is 6.92 Å². The number of hydrogen-bond donors (Lipinski definition) is 1. The van der Waals surface area contributed by atoms with Crippen LogP contribution in [0.5, 0.6) is 0 Å². The standard InChI is InChI=1S/C17H25N3/c1-4-20-10-13-8-16-15(6-5-7-18)12(2)19(3)17(16)9-14(13)11-20/h8-9H,4-7,10-11,18H2,1-3H3. The molecule has 2 N–H and O–H groups in total. The fourth-order valence-electron chi connectivity index (χ4n) is 3.42. The highest BCUT2D eigenvalue weighted by Crippen LogP contribution is 2.32. The van der Waals surface area contributed by atoms with Crippen LogP contribution in [0, 0.1) is 6.92 Å². The molecule has 0 fully saturated rings. The molecular weight excluding hydrogens is 246 g/mol. The van der Waals surface area contributed by atoms with Crippen molar-refractivity contribution in [2.75, 3.05) is 13.1 Å². The van der Waals surface area contributed by atoms with Gasteiger partial charge in [-0.3, -0.25) is 4.90 Å². The lowest BCUT2D eigenvalue weighted by atomic mass is 10.0. The van der Waals surface area contributed by atoms with Crippen molar-refractivity contribution < 1.29 is 0 Å². The van der Waals surface area contributed by atoms with Crippen molar-refractivity contribution in [1.82, 2.24) is 9.47 Å². The minimum Gasteiger partial charge on any atom is -0.348 e. The van der Waals surface area contributed by atoms with Gasteiger partial charge in [0.2, 0.25) is 0 Å². The Morgan fingerprint density at radius 1 is 1.20 bits per heavy atom. The van der Waals surface area contributed by atoms with Gasteiger partial charge in [0.15, 0.2) is 0 Å². The van der Waals surface area contributed by atoms with E-state index in [-0.39, 0.29) is 0 Å². The summed E-state index contributed by atoms with van der Waals surface area (Å²) in [7, 11) is 2.18. The number of aromatic nitrogens is 1. The minimum atomic E-state index is 0.768. The molecule has 0 bridgehead atoms. The van der Waals surface area contributed by atoms with E-state index in [1.807, 2.05) is 0 Å². The van der Waals surface area contributed by atoms with E-state index in [2.05, 4.69) is 42.5 Å². The van der Waals surface area contributed by atoms with Crippen LogP contribution in [0.15, 0.2) is 12.1 Å². The molecule has 0 radical (unpaired) electrons. The van der Waals surface area contributed by atoms with Gasteiger partial charge < -0.3 is 10.3 Å². The first kappa shape index (κ1) is 13.7. The molecule has 0 spiro atoms. The van der Waals surface area contributed by atoms with Gasteiger partial charge in [-0.25, -0.2) is 0 Å². The lowest BCUT2D eigenvalue weighted by Gasteiger charge is -2.09. The zero-order chi connectivity index (χ0) is 14.3. The van der Waals surface area contributed by atoms with E-state index in [1.165, 1.54) is 33.3 Å². The van der Waals surface area contributed by atoms with Gasteiger partial charge in [0.25, 0.3) is 0 Å². The Balaban J connectivity index is 2.10. The molecular formula is C17H25N3. The Hall–Kier alpha value is -1.32. The molecule has 1 aliphatic heterocycles. The molecule has 1 aliphatic rings. The largest absolute Gasteiger partial charge is 0.348 e. The Morgan fingerprint density at radius 2 is 1.90 bits per heavy atom. The molecule has 1 aromatic carbocycles. The summed E-state index contributed by atoms with van der Waals surface area (Å²) in [4.78, 5) is 2.50. The molecule has 0 saturated heterocycles. The second-order valence-corrected chi connectivity index (χ2v) is 5.96. The Morgan fingerprint density at radius 3 is 2.55 bits per heavy atom. The highest BCUT2D eigenvalue weighted by atomic mass is 15.1. The van der Waals surface area contributed by atoms with Gasteiger partial charge >= 0.3 is 0 Å². The zero-order valence-electron chi connectivity index (χ0n) is 12.9. The Kier molecular flexibility index (Phi) is 3.57. The highest BCUT2D eigenvalue weighted by Gasteiger charge is 2.21. The maximum atomic E-state index is 5.69. The van der Waals surface area contributed by atoms with Gasteiger partial charge in [-0.05, 0) is 61.7 Å². The maximum Gasteiger partial charge on any atom is 0.0486 e. The third kappa shape index (κ3) is 2.05. The first-order chi connectivity index (χ1) is 9.65. The molecule has 2 aromatic rings. The van der Waals surface area contributed by atoms with Crippen LogP contribution in [-0.4, -0.2) is 22.6 Å². The highest BCUT2D eigenvalue weighted by molar-refractivity contribution is 5.87. The van der Waals surface area contributed by atoms with Crippen LogP contribution in [0.3, 0.4) is 0 Å². The van der Waals surface area contributed by atoms with Crippen LogP contribution in [0.2, 0.25) is 0 Å². The number of hydrogen-bond acceptors (Lipinski definition) is 2. The number of fused-ring (bicyclic) bond motifs is 2. The van der Waals surface area contributed by atoms with E-state index in [4.69, 9.17) is 5.73 Å². The quantitative estimate of drug-likeness (QED) is 0.927. The molecule has 0 aliphatic carbocycles. The minimum absolute atomic E-state index is 0.768. The van der Waals surface area contributed by atoms with Crippen LogP contribution >= 0.6 is 0 Å². The first-order valence-electron chi connectivity index (χ1n) is 7.67. The van der Waals surface area contributed by atoms with E-state index in [1.54, 1.807) is 0 Å². The van der Waals surface area contributed by atoms with Crippen molar-refractivity contribution in [2.45, 2.75) is 39.8 Å². The number of nitrogens with zero attached hydrogens (tertiary/aromatic N) is 2. The van der Waals surface area contributed by atoms with Crippen LogP contribution in [0.1, 0.15) is 35.7 Å². The molecule has 0 unspecified atom stereocenters. The van der Waals surface area contributed by atoms with Crippen molar-refractivity contribution in [1.29, 1.82) is 0 Å².